The second kappa shape index (κ2) is 4.75. The summed E-state index contributed by atoms with van der Waals surface area (Å²) in [7, 11) is 0. The highest BCUT2D eigenvalue weighted by molar-refractivity contribution is 14.1. The smallest absolute Gasteiger partial charge is 0.175 e. The van der Waals surface area contributed by atoms with Crippen LogP contribution in [-0.4, -0.2) is 16.2 Å². The maximum Gasteiger partial charge on any atom is 0.175 e. The SMILES string of the molecule is N#Cc1ccc(O)c(I)c1C(=O)CBr. The largest absolute Gasteiger partial charge is 0.507 e. The zero-order valence-corrected chi connectivity index (χ0v) is 10.7. The first-order chi connectivity index (χ1) is 6.61. The van der Waals surface area contributed by atoms with E-state index < -0.39 is 0 Å². The van der Waals surface area contributed by atoms with Gasteiger partial charge in [-0.1, -0.05) is 15.9 Å². The van der Waals surface area contributed by atoms with Crippen LogP contribution in [0.1, 0.15) is 15.9 Å². The molecular formula is C9H5BrINO2. The van der Waals surface area contributed by atoms with Gasteiger partial charge in [0.25, 0.3) is 0 Å². The molecule has 0 spiro atoms. The first-order valence-electron chi connectivity index (χ1n) is 3.62. The summed E-state index contributed by atoms with van der Waals surface area (Å²) < 4.78 is 0.422. The maximum atomic E-state index is 11.5. The van der Waals surface area contributed by atoms with Crippen LogP contribution in [0.4, 0.5) is 0 Å². The van der Waals surface area contributed by atoms with E-state index in [1.807, 2.05) is 28.7 Å². The number of nitriles is 1. The first-order valence-corrected chi connectivity index (χ1v) is 5.82. The second-order valence-electron chi connectivity index (χ2n) is 2.49. The van der Waals surface area contributed by atoms with E-state index in [4.69, 9.17) is 5.26 Å². The van der Waals surface area contributed by atoms with Crippen molar-refractivity contribution in [2.75, 3.05) is 5.33 Å². The highest BCUT2D eigenvalue weighted by atomic mass is 127. The van der Waals surface area contributed by atoms with Crippen molar-refractivity contribution < 1.29 is 9.90 Å². The molecule has 72 valence electrons. The number of hydrogen-bond donors (Lipinski definition) is 1. The molecule has 14 heavy (non-hydrogen) atoms. The quantitative estimate of drug-likeness (QED) is 0.497. The van der Waals surface area contributed by atoms with Gasteiger partial charge in [0.05, 0.1) is 26.1 Å². The highest BCUT2D eigenvalue weighted by Gasteiger charge is 2.16. The molecule has 0 unspecified atom stereocenters. The molecule has 0 aliphatic rings. The molecule has 0 atom stereocenters. The van der Waals surface area contributed by atoms with Crippen molar-refractivity contribution in [1.29, 1.82) is 5.26 Å². The topological polar surface area (TPSA) is 61.1 Å². The number of nitrogens with zero attached hydrogens (tertiary/aromatic N) is 1. The van der Waals surface area contributed by atoms with Crippen LogP contribution in [0.3, 0.4) is 0 Å². The van der Waals surface area contributed by atoms with Gasteiger partial charge in [0.15, 0.2) is 5.78 Å². The standard InChI is InChI=1S/C9H5BrINO2/c10-3-7(14)8-5(4-12)1-2-6(13)9(8)11/h1-2,13H,3H2. The lowest BCUT2D eigenvalue weighted by Gasteiger charge is -2.05. The van der Waals surface area contributed by atoms with Gasteiger partial charge in [-0.2, -0.15) is 5.26 Å². The molecule has 1 rings (SSSR count). The van der Waals surface area contributed by atoms with Crippen LogP contribution in [0.15, 0.2) is 12.1 Å². The molecule has 5 heteroatoms. The number of phenols is 1. The molecule has 0 saturated carbocycles. The number of alkyl halides is 1. The van der Waals surface area contributed by atoms with Gasteiger partial charge in [0.1, 0.15) is 5.75 Å². The van der Waals surface area contributed by atoms with Crippen LogP contribution >= 0.6 is 38.5 Å². The van der Waals surface area contributed by atoms with Gasteiger partial charge in [-0.3, -0.25) is 4.79 Å². The first kappa shape index (κ1) is 11.5. The van der Waals surface area contributed by atoms with Crippen LogP contribution in [-0.2, 0) is 0 Å². The van der Waals surface area contributed by atoms with Crippen LogP contribution in [0.25, 0.3) is 0 Å². The number of phenolic OH excluding ortho intramolecular Hbond substituents is 1. The Morgan fingerprint density at radius 3 is 2.79 bits per heavy atom. The Balaban J connectivity index is 3.45. The summed E-state index contributed by atoms with van der Waals surface area (Å²) in [6.45, 7) is 0. The van der Waals surface area contributed by atoms with E-state index in [2.05, 4.69) is 15.9 Å². The third-order valence-corrected chi connectivity index (χ3v) is 3.24. The summed E-state index contributed by atoms with van der Waals surface area (Å²) >= 11 is 4.88. The number of ketones is 1. The molecular weight excluding hydrogens is 361 g/mol. The van der Waals surface area contributed by atoms with Crippen LogP contribution < -0.4 is 0 Å². The van der Waals surface area contributed by atoms with Crippen LogP contribution in [0.5, 0.6) is 5.75 Å². The summed E-state index contributed by atoms with van der Waals surface area (Å²) in [5.74, 6) is -0.184. The lowest BCUT2D eigenvalue weighted by atomic mass is 10.1. The fraction of sp³-hybridized carbons (Fsp3) is 0.111. The van der Waals surface area contributed by atoms with Crippen molar-refractivity contribution in [3.05, 3.63) is 26.8 Å². The Labute approximate surface area is 103 Å². The van der Waals surface area contributed by atoms with Gasteiger partial charge in [-0.05, 0) is 34.7 Å². The lowest BCUT2D eigenvalue weighted by Crippen LogP contribution is -2.06. The van der Waals surface area contributed by atoms with Crippen LogP contribution in [0, 0.1) is 14.9 Å². The molecule has 0 heterocycles. The average Bonchev–Trinajstić information content (AvgIpc) is 2.20. The molecule has 0 fully saturated rings. The average molecular weight is 366 g/mol. The molecule has 0 aromatic heterocycles. The van der Waals surface area contributed by atoms with E-state index >= 15 is 0 Å². The van der Waals surface area contributed by atoms with Crippen molar-refractivity contribution in [1.82, 2.24) is 0 Å². The van der Waals surface area contributed by atoms with E-state index in [-0.39, 0.29) is 28.0 Å². The predicted octanol–water partition coefficient (Wildman–Crippen LogP) is 2.45. The van der Waals surface area contributed by atoms with E-state index in [1.165, 1.54) is 12.1 Å². The molecule has 0 aliphatic heterocycles. The summed E-state index contributed by atoms with van der Waals surface area (Å²) in [6.07, 6.45) is 0. The Hall–Kier alpha value is -0.610. The third kappa shape index (κ3) is 2.07. The Morgan fingerprint density at radius 1 is 1.64 bits per heavy atom. The number of aromatic hydroxyl groups is 1. The predicted molar refractivity (Wildman–Crippen MR) is 63.7 cm³/mol. The fourth-order valence-corrected chi connectivity index (χ4v) is 2.05. The maximum absolute atomic E-state index is 11.5. The van der Waals surface area contributed by atoms with E-state index in [0.29, 0.717) is 3.57 Å². The van der Waals surface area contributed by atoms with Crippen molar-refractivity contribution in [3.8, 4) is 11.8 Å². The minimum absolute atomic E-state index is 0.0221. The number of Topliss-reactive ketones (excluding diaryl/α,β-unsaturated/α-hetero) is 1. The van der Waals surface area contributed by atoms with Crippen molar-refractivity contribution >= 4 is 44.3 Å². The fourth-order valence-electron chi connectivity index (χ4n) is 0.998. The number of carbonyl (C=O) groups is 1. The highest BCUT2D eigenvalue weighted by Crippen LogP contribution is 2.26. The van der Waals surface area contributed by atoms with Gasteiger partial charge in [0, 0.05) is 0 Å². The molecule has 1 aromatic rings. The van der Waals surface area contributed by atoms with E-state index in [9.17, 15) is 9.90 Å². The molecule has 0 bridgehead atoms. The van der Waals surface area contributed by atoms with Crippen molar-refractivity contribution in [2.45, 2.75) is 0 Å². The van der Waals surface area contributed by atoms with Crippen molar-refractivity contribution in [2.24, 2.45) is 0 Å². The number of rotatable bonds is 2. The molecule has 0 amide bonds. The zero-order valence-electron chi connectivity index (χ0n) is 6.92. The second-order valence-corrected chi connectivity index (χ2v) is 4.13. The van der Waals surface area contributed by atoms with Gasteiger partial charge >= 0.3 is 0 Å². The lowest BCUT2D eigenvalue weighted by molar-refractivity contribution is 0.102. The third-order valence-electron chi connectivity index (χ3n) is 1.64. The Bertz CT molecular complexity index is 426. The van der Waals surface area contributed by atoms with E-state index in [1.54, 1.807) is 0 Å². The molecule has 3 nitrogen and oxygen atoms in total. The minimum Gasteiger partial charge on any atom is -0.507 e. The normalized spacial score (nSPS) is 9.50. The molecule has 0 saturated heterocycles. The van der Waals surface area contributed by atoms with Gasteiger partial charge in [0.2, 0.25) is 0 Å². The Morgan fingerprint density at radius 2 is 2.29 bits per heavy atom. The Kier molecular flexibility index (Phi) is 3.89. The number of benzene rings is 1. The van der Waals surface area contributed by atoms with Gasteiger partial charge < -0.3 is 5.11 Å². The number of halogens is 2. The molecule has 0 aliphatic carbocycles. The van der Waals surface area contributed by atoms with Gasteiger partial charge in [-0.15, -0.1) is 0 Å². The molecule has 1 N–H and O–H groups in total. The summed E-state index contributed by atoms with van der Waals surface area (Å²) in [4.78, 5) is 11.5. The summed E-state index contributed by atoms with van der Waals surface area (Å²) in [6, 6.07) is 4.77. The van der Waals surface area contributed by atoms with Crippen LogP contribution in [0.2, 0.25) is 0 Å². The minimum atomic E-state index is -0.207. The number of hydrogen-bond acceptors (Lipinski definition) is 3. The van der Waals surface area contributed by atoms with Gasteiger partial charge in [-0.25, -0.2) is 0 Å². The molecule has 1 aromatic carbocycles. The number of carbonyl (C=O) groups excluding carboxylic acids is 1. The van der Waals surface area contributed by atoms with E-state index in [0.717, 1.165) is 0 Å². The zero-order chi connectivity index (χ0) is 10.7. The monoisotopic (exact) mass is 365 g/mol. The summed E-state index contributed by atoms with van der Waals surface area (Å²) in [5, 5.41) is 18.3. The molecule has 0 radical (unpaired) electrons. The van der Waals surface area contributed by atoms with Crippen molar-refractivity contribution in [3.63, 3.8) is 0 Å². The summed E-state index contributed by atoms with van der Waals surface area (Å²) in [5.41, 5.74) is 0.571.